The van der Waals surface area contributed by atoms with Gasteiger partial charge in [0.15, 0.2) is 0 Å². The Morgan fingerprint density at radius 2 is 2.10 bits per heavy atom. The zero-order valence-corrected chi connectivity index (χ0v) is 12.1. The van der Waals surface area contributed by atoms with Crippen LogP contribution in [0, 0.1) is 5.82 Å². The summed E-state index contributed by atoms with van der Waals surface area (Å²) in [5.74, 6) is -0.757. The number of unbranched alkanes of at least 4 members (excludes halogenated alkanes) is 2. The van der Waals surface area contributed by atoms with E-state index in [1.807, 2.05) is 0 Å². The average Bonchev–Trinajstić information content (AvgIpc) is 2.48. The van der Waals surface area contributed by atoms with Gasteiger partial charge in [-0.15, -0.1) is 0 Å². The Morgan fingerprint density at radius 1 is 1.29 bits per heavy atom. The van der Waals surface area contributed by atoms with E-state index in [1.165, 1.54) is 25.3 Å². The number of amides is 1. The number of methoxy groups -OCH3 is 1. The van der Waals surface area contributed by atoms with Crippen LogP contribution in [0.3, 0.4) is 0 Å². The molecule has 0 heterocycles. The van der Waals surface area contributed by atoms with Crippen molar-refractivity contribution in [3.05, 3.63) is 41.7 Å². The number of halogens is 1. The predicted molar refractivity (Wildman–Crippen MR) is 78.9 cm³/mol. The van der Waals surface area contributed by atoms with Gasteiger partial charge in [0.05, 0.1) is 7.11 Å². The lowest BCUT2D eigenvalue weighted by Crippen LogP contribution is -2.22. The molecule has 114 valence electrons. The summed E-state index contributed by atoms with van der Waals surface area (Å²) in [5, 5.41) is 2.73. The van der Waals surface area contributed by atoms with E-state index in [2.05, 4.69) is 10.1 Å². The maximum Gasteiger partial charge on any atom is 0.305 e. The molecule has 0 aliphatic rings. The minimum Gasteiger partial charge on any atom is -0.469 e. The van der Waals surface area contributed by atoms with Crippen molar-refractivity contribution in [2.24, 2.45) is 0 Å². The summed E-state index contributed by atoms with van der Waals surface area (Å²) >= 11 is 0. The third kappa shape index (κ3) is 7.87. The fraction of sp³-hybridized carbons (Fsp3) is 0.375. The second kappa shape index (κ2) is 9.69. The van der Waals surface area contributed by atoms with Crippen LogP contribution < -0.4 is 5.32 Å². The van der Waals surface area contributed by atoms with Crippen LogP contribution >= 0.6 is 0 Å². The molecule has 0 spiro atoms. The van der Waals surface area contributed by atoms with Gasteiger partial charge in [-0.05, 0) is 36.6 Å². The summed E-state index contributed by atoms with van der Waals surface area (Å²) in [6.45, 7) is 0.549. The zero-order valence-electron chi connectivity index (χ0n) is 12.1. The SMILES string of the molecule is COC(=O)CCCCCNC(=O)/C=C/c1cccc(F)c1. The third-order valence-corrected chi connectivity index (χ3v) is 2.86. The fourth-order valence-corrected chi connectivity index (χ4v) is 1.73. The van der Waals surface area contributed by atoms with Crippen LogP contribution in [-0.2, 0) is 14.3 Å². The first-order chi connectivity index (χ1) is 10.1. The van der Waals surface area contributed by atoms with Gasteiger partial charge in [-0.25, -0.2) is 4.39 Å². The molecule has 0 aromatic heterocycles. The monoisotopic (exact) mass is 293 g/mol. The van der Waals surface area contributed by atoms with Crippen LogP contribution in [0.5, 0.6) is 0 Å². The van der Waals surface area contributed by atoms with Crippen molar-refractivity contribution in [2.75, 3.05) is 13.7 Å². The van der Waals surface area contributed by atoms with Crippen molar-refractivity contribution in [2.45, 2.75) is 25.7 Å². The second-order valence-corrected chi connectivity index (χ2v) is 4.57. The molecule has 0 fully saturated rings. The Balaban J connectivity index is 2.15. The van der Waals surface area contributed by atoms with Crippen molar-refractivity contribution in [3.63, 3.8) is 0 Å². The van der Waals surface area contributed by atoms with Crippen molar-refractivity contribution < 1.29 is 18.7 Å². The summed E-state index contributed by atoms with van der Waals surface area (Å²) in [6, 6.07) is 6.02. The van der Waals surface area contributed by atoms with Crippen LogP contribution in [0.2, 0.25) is 0 Å². The molecule has 0 atom stereocenters. The number of nitrogens with one attached hydrogen (secondary N) is 1. The Morgan fingerprint density at radius 3 is 2.81 bits per heavy atom. The van der Waals surface area contributed by atoms with Gasteiger partial charge in [0.25, 0.3) is 0 Å². The molecule has 5 heteroatoms. The first-order valence-corrected chi connectivity index (χ1v) is 6.90. The van der Waals surface area contributed by atoms with E-state index >= 15 is 0 Å². The van der Waals surface area contributed by atoms with Crippen molar-refractivity contribution in [1.82, 2.24) is 5.32 Å². The van der Waals surface area contributed by atoms with E-state index in [0.717, 1.165) is 19.3 Å². The molecule has 4 nitrogen and oxygen atoms in total. The van der Waals surface area contributed by atoms with E-state index < -0.39 is 0 Å². The Kier molecular flexibility index (Phi) is 7.79. The van der Waals surface area contributed by atoms with Gasteiger partial charge < -0.3 is 10.1 Å². The van der Waals surface area contributed by atoms with Crippen molar-refractivity contribution >= 4 is 18.0 Å². The van der Waals surface area contributed by atoms with E-state index in [4.69, 9.17) is 0 Å². The molecule has 1 N–H and O–H groups in total. The lowest BCUT2D eigenvalue weighted by atomic mass is 10.2. The standard InChI is InChI=1S/C16H20FNO3/c1-21-16(20)8-3-2-4-11-18-15(19)10-9-13-6-5-7-14(17)12-13/h5-7,9-10,12H,2-4,8,11H2,1H3,(H,18,19)/b10-9+. The zero-order chi connectivity index (χ0) is 15.5. The molecule has 0 aliphatic heterocycles. The number of hydrogen-bond donors (Lipinski definition) is 1. The number of hydrogen-bond acceptors (Lipinski definition) is 3. The van der Waals surface area contributed by atoms with Crippen LogP contribution in [0.15, 0.2) is 30.3 Å². The largest absolute Gasteiger partial charge is 0.469 e. The first-order valence-electron chi connectivity index (χ1n) is 6.90. The van der Waals surface area contributed by atoms with Crippen LogP contribution in [0.25, 0.3) is 6.08 Å². The lowest BCUT2D eigenvalue weighted by Gasteiger charge is -2.02. The molecular formula is C16H20FNO3. The van der Waals surface area contributed by atoms with Crippen LogP contribution in [0.4, 0.5) is 4.39 Å². The van der Waals surface area contributed by atoms with E-state index in [1.54, 1.807) is 18.2 Å². The Labute approximate surface area is 124 Å². The van der Waals surface area contributed by atoms with Crippen LogP contribution in [-0.4, -0.2) is 25.5 Å². The summed E-state index contributed by atoms with van der Waals surface area (Å²) in [5.41, 5.74) is 0.642. The molecule has 0 radical (unpaired) electrons. The highest BCUT2D eigenvalue weighted by atomic mass is 19.1. The number of ether oxygens (including phenoxy) is 1. The molecule has 1 rings (SSSR count). The van der Waals surface area contributed by atoms with Gasteiger partial charge >= 0.3 is 5.97 Å². The van der Waals surface area contributed by atoms with E-state index in [9.17, 15) is 14.0 Å². The molecule has 0 bridgehead atoms. The smallest absolute Gasteiger partial charge is 0.305 e. The second-order valence-electron chi connectivity index (χ2n) is 4.57. The summed E-state index contributed by atoms with van der Waals surface area (Å²) < 4.78 is 17.5. The molecule has 0 saturated carbocycles. The normalized spacial score (nSPS) is 10.6. The maximum atomic E-state index is 12.9. The van der Waals surface area contributed by atoms with Crippen molar-refractivity contribution in [1.29, 1.82) is 0 Å². The molecule has 0 unspecified atom stereocenters. The third-order valence-electron chi connectivity index (χ3n) is 2.86. The van der Waals surface area contributed by atoms with Gasteiger partial charge in [0.2, 0.25) is 5.91 Å². The minimum atomic E-state index is -0.330. The number of rotatable bonds is 8. The molecule has 0 saturated heterocycles. The van der Waals surface area contributed by atoms with E-state index in [-0.39, 0.29) is 17.7 Å². The first kappa shape index (κ1) is 16.9. The van der Waals surface area contributed by atoms with E-state index in [0.29, 0.717) is 18.5 Å². The minimum absolute atomic E-state index is 0.211. The average molecular weight is 293 g/mol. The highest BCUT2D eigenvalue weighted by Gasteiger charge is 2.00. The predicted octanol–water partition coefficient (Wildman–Crippen LogP) is 2.69. The fourth-order valence-electron chi connectivity index (χ4n) is 1.73. The van der Waals surface area contributed by atoms with Gasteiger partial charge in [-0.3, -0.25) is 9.59 Å². The molecule has 1 amide bonds. The quantitative estimate of drug-likeness (QED) is 0.455. The number of esters is 1. The van der Waals surface area contributed by atoms with Crippen molar-refractivity contribution in [3.8, 4) is 0 Å². The Bertz CT molecular complexity index is 500. The number of carbonyl (C=O) groups is 2. The van der Waals surface area contributed by atoms with Gasteiger partial charge in [-0.1, -0.05) is 18.6 Å². The highest BCUT2D eigenvalue weighted by molar-refractivity contribution is 5.91. The summed E-state index contributed by atoms with van der Waals surface area (Å²) in [7, 11) is 1.37. The van der Waals surface area contributed by atoms with Crippen LogP contribution in [0.1, 0.15) is 31.2 Å². The molecule has 21 heavy (non-hydrogen) atoms. The number of carbonyl (C=O) groups excluding carboxylic acids is 2. The number of benzene rings is 1. The Hall–Kier alpha value is -2.17. The molecule has 0 aliphatic carbocycles. The van der Waals surface area contributed by atoms with Gasteiger partial charge in [-0.2, -0.15) is 0 Å². The maximum absolute atomic E-state index is 12.9. The topological polar surface area (TPSA) is 55.4 Å². The molecular weight excluding hydrogens is 273 g/mol. The molecule has 1 aromatic rings. The summed E-state index contributed by atoms with van der Waals surface area (Å²) in [4.78, 5) is 22.4. The van der Waals surface area contributed by atoms with Gasteiger partial charge in [0, 0.05) is 19.0 Å². The molecule has 1 aromatic carbocycles. The lowest BCUT2D eigenvalue weighted by molar-refractivity contribution is -0.140. The van der Waals surface area contributed by atoms with Gasteiger partial charge in [0.1, 0.15) is 5.82 Å². The summed E-state index contributed by atoms with van der Waals surface area (Å²) in [6.07, 6.45) is 5.75. The highest BCUT2D eigenvalue weighted by Crippen LogP contribution is 2.05.